The predicted octanol–water partition coefficient (Wildman–Crippen LogP) is 3.77. The Morgan fingerprint density at radius 2 is 1.67 bits per heavy atom. The lowest BCUT2D eigenvalue weighted by atomic mass is 10.1. The number of hydrogen-bond acceptors (Lipinski definition) is 5. The number of nitrogens with two attached hydrogens (primary N) is 1. The number of rotatable bonds is 6. The molecule has 2 aromatic carbocycles. The van der Waals surface area contributed by atoms with Crippen molar-refractivity contribution in [3.63, 3.8) is 0 Å². The molecule has 2 aromatic rings. The van der Waals surface area contributed by atoms with Gasteiger partial charge < -0.3 is 19.9 Å². The highest BCUT2D eigenvalue weighted by Gasteiger charge is 2.33. The minimum absolute atomic E-state index is 0.203. The molecule has 0 aliphatic carbocycles. The van der Waals surface area contributed by atoms with Gasteiger partial charge in [0.2, 0.25) is 0 Å². The van der Waals surface area contributed by atoms with Gasteiger partial charge in [0.05, 0.1) is 13.2 Å². The molecule has 1 atom stereocenters. The molecule has 0 saturated carbocycles. The third kappa shape index (κ3) is 3.44. The van der Waals surface area contributed by atoms with E-state index in [0.717, 1.165) is 10.8 Å². The van der Waals surface area contributed by atoms with Crippen molar-refractivity contribution in [3.05, 3.63) is 42.0 Å². The Kier molecular flexibility index (Phi) is 5.01. The standard InChI is InChI=1S/C15H20NO4P/c1-3-19-21(18,20-4-2)15(16)13-6-5-12-10-14(17)8-7-11(12)9-13/h5-10,15,17H,3-4,16H2,1-2H3/t15-/m0/s1. The molecule has 0 radical (unpaired) electrons. The summed E-state index contributed by atoms with van der Waals surface area (Å²) in [4.78, 5) is 0. The number of aromatic hydroxyl groups is 1. The molecule has 0 aliphatic rings. The maximum atomic E-state index is 12.7. The first-order valence-corrected chi connectivity index (χ1v) is 8.48. The van der Waals surface area contributed by atoms with Crippen molar-refractivity contribution in [2.45, 2.75) is 19.6 Å². The summed E-state index contributed by atoms with van der Waals surface area (Å²) in [5.74, 6) is -0.635. The minimum atomic E-state index is -3.39. The van der Waals surface area contributed by atoms with Crippen molar-refractivity contribution in [2.75, 3.05) is 13.2 Å². The lowest BCUT2D eigenvalue weighted by Crippen LogP contribution is -2.15. The van der Waals surface area contributed by atoms with E-state index in [2.05, 4.69) is 0 Å². The molecule has 2 rings (SSSR count). The van der Waals surface area contributed by atoms with Crippen LogP contribution in [-0.2, 0) is 13.6 Å². The third-order valence-corrected chi connectivity index (χ3v) is 5.36. The van der Waals surface area contributed by atoms with Gasteiger partial charge in [0.25, 0.3) is 0 Å². The van der Waals surface area contributed by atoms with Crippen LogP contribution >= 0.6 is 7.60 Å². The first kappa shape index (κ1) is 16.0. The summed E-state index contributed by atoms with van der Waals surface area (Å²) >= 11 is 0. The highest BCUT2D eigenvalue weighted by molar-refractivity contribution is 7.54. The average molecular weight is 309 g/mol. The van der Waals surface area contributed by atoms with Gasteiger partial charge in [0.15, 0.2) is 0 Å². The monoisotopic (exact) mass is 309 g/mol. The molecule has 0 unspecified atom stereocenters. The zero-order valence-electron chi connectivity index (χ0n) is 12.2. The lowest BCUT2D eigenvalue weighted by Gasteiger charge is -2.23. The molecule has 0 aliphatic heterocycles. The van der Waals surface area contributed by atoms with Crippen LogP contribution in [0.2, 0.25) is 0 Å². The van der Waals surface area contributed by atoms with Gasteiger partial charge in [-0.05, 0) is 48.4 Å². The van der Waals surface area contributed by atoms with Crippen LogP contribution in [0.5, 0.6) is 5.75 Å². The Bertz CT molecular complexity index is 664. The van der Waals surface area contributed by atoms with Gasteiger partial charge in [-0.3, -0.25) is 4.57 Å². The van der Waals surface area contributed by atoms with Gasteiger partial charge in [-0.1, -0.05) is 18.2 Å². The summed E-state index contributed by atoms with van der Waals surface area (Å²) in [6.45, 7) is 4.04. The predicted molar refractivity (Wildman–Crippen MR) is 83.4 cm³/mol. The first-order valence-electron chi connectivity index (χ1n) is 6.87. The van der Waals surface area contributed by atoms with E-state index in [1.165, 1.54) is 0 Å². The number of hydrogen-bond donors (Lipinski definition) is 2. The van der Waals surface area contributed by atoms with Crippen molar-refractivity contribution in [2.24, 2.45) is 5.73 Å². The van der Waals surface area contributed by atoms with Crippen molar-refractivity contribution in [3.8, 4) is 5.75 Å². The highest BCUT2D eigenvalue weighted by Crippen LogP contribution is 2.58. The van der Waals surface area contributed by atoms with E-state index in [9.17, 15) is 9.67 Å². The second kappa shape index (κ2) is 6.58. The Hall–Kier alpha value is -1.39. The van der Waals surface area contributed by atoms with E-state index >= 15 is 0 Å². The normalized spacial score (nSPS) is 13.5. The van der Waals surface area contributed by atoms with Crippen LogP contribution in [0.25, 0.3) is 10.8 Å². The van der Waals surface area contributed by atoms with Gasteiger partial charge in [-0.2, -0.15) is 0 Å². The summed E-state index contributed by atoms with van der Waals surface area (Å²) in [5.41, 5.74) is 6.78. The Morgan fingerprint density at radius 1 is 1.10 bits per heavy atom. The molecular formula is C15H20NO4P. The SMILES string of the molecule is CCOP(=O)(OCC)[C@H](N)c1ccc2cc(O)ccc2c1. The second-order valence-electron chi connectivity index (χ2n) is 4.61. The maximum Gasteiger partial charge on any atom is 0.351 e. The lowest BCUT2D eigenvalue weighted by molar-refractivity contribution is 0.212. The van der Waals surface area contributed by atoms with E-state index in [0.29, 0.717) is 5.56 Å². The van der Waals surface area contributed by atoms with Gasteiger partial charge in [-0.15, -0.1) is 0 Å². The van der Waals surface area contributed by atoms with Crippen LogP contribution in [0.15, 0.2) is 36.4 Å². The van der Waals surface area contributed by atoms with Gasteiger partial charge in [0, 0.05) is 0 Å². The average Bonchev–Trinajstić information content (AvgIpc) is 2.46. The molecular weight excluding hydrogens is 289 g/mol. The summed E-state index contributed by atoms with van der Waals surface area (Å²) in [5, 5.41) is 11.3. The fraction of sp³-hybridized carbons (Fsp3) is 0.333. The molecule has 0 saturated heterocycles. The van der Waals surface area contributed by atoms with Crippen molar-refractivity contribution in [1.29, 1.82) is 0 Å². The topological polar surface area (TPSA) is 81.8 Å². The van der Waals surface area contributed by atoms with Gasteiger partial charge in [0.1, 0.15) is 11.5 Å². The minimum Gasteiger partial charge on any atom is -0.508 e. The number of phenols is 1. The molecule has 114 valence electrons. The van der Waals surface area contributed by atoms with E-state index in [-0.39, 0.29) is 19.0 Å². The largest absolute Gasteiger partial charge is 0.508 e. The van der Waals surface area contributed by atoms with Crippen molar-refractivity contribution >= 4 is 18.4 Å². The number of benzene rings is 2. The smallest absolute Gasteiger partial charge is 0.351 e. The Morgan fingerprint density at radius 3 is 2.29 bits per heavy atom. The maximum absolute atomic E-state index is 12.7. The molecule has 6 heteroatoms. The van der Waals surface area contributed by atoms with Crippen LogP contribution in [0, 0.1) is 0 Å². The first-order chi connectivity index (χ1) is 10.00. The fourth-order valence-electron chi connectivity index (χ4n) is 2.18. The zero-order chi connectivity index (χ0) is 15.5. The summed E-state index contributed by atoms with van der Waals surface area (Å²) in [7, 11) is -3.39. The number of fused-ring (bicyclic) bond motifs is 1. The molecule has 0 bridgehead atoms. The van der Waals surface area contributed by atoms with Crippen LogP contribution in [0.3, 0.4) is 0 Å². The molecule has 5 nitrogen and oxygen atoms in total. The summed E-state index contributed by atoms with van der Waals surface area (Å²) < 4.78 is 23.3. The summed E-state index contributed by atoms with van der Waals surface area (Å²) in [6, 6.07) is 10.5. The molecule has 0 fully saturated rings. The molecule has 0 amide bonds. The molecule has 3 N–H and O–H groups in total. The van der Waals surface area contributed by atoms with Crippen LogP contribution in [-0.4, -0.2) is 18.3 Å². The van der Waals surface area contributed by atoms with E-state index in [1.807, 2.05) is 12.1 Å². The second-order valence-corrected chi connectivity index (χ2v) is 6.76. The van der Waals surface area contributed by atoms with Crippen molar-refractivity contribution < 1.29 is 18.7 Å². The Balaban J connectivity index is 2.39. The third-order valence-electron chi connectivity index (χ3n) is 3.15. The number of phenolic OH excluding ortho intramolecular Hbond substituents is 1. The van der Waals surface area contributed by atoms with E-state index in [4.69, 9.17) is 14.8 Å². The van der Waals surface area contributed by atoms with Crippen LogP contribution < -0.4 is 5.73 Å². The Labute approximate surface area is 124 Å². The van der Waals surface area contributed by atoms with Crippen molar-refractivity contribution in [1.82, 2.24) is 0 Å². The summed E-state index contributed by atoms with van der Waals surface area (Å²) in [6.07, 6.45) is 0. The molecule has 0 aromatic heterocycles. The molecule has 0 heterocycles. The quantitative estimate of drug-likeness (QED) is 0.794. The molecule has 0 spiro atoms. The van der Waals surface area contributed by atoms with Gasteiger partial charge >= 0.3 is 7.60 Å². The highest BCUT2D eigenvalue weighted by atomic mass is 31.2. The fourth-order valence-corrected chi connectivity index (χ4v) is 3.82. The molecule has 21 heavy (non-hydrogen) atoms. The van der Waals surface area contributed by atoms with E-state index in [1.54, 1.807) is 38.1 Å². The van der Waals surface area contributed by atoms with E-state index < -0.39 is 13.4 Å². The van der Waals surface area contributed by atoms with Crippen LogP contribution in [0.4, 0.5) is 0 Å². The van der Waals surface area contributed by atoms with Gasteiger partial charge in [-0.25, -0.2) is 0 Å². The van der Waals surface area contributed by atoms with Crippen LogP contribution in [0.1, 0.15) is 25.2 Å². The zero-order valence-corrected chi connectivity index (χ0v) is 13.0.